The fourth-order valence-electron chi connectivity index (χ4n) is 4.25. The predicted molar refractivity (Wildman–Crippen MR) is 141 cm³/mol. The van der Waals surface area contributed by atoms with Gasteiger partial charge in [0.1, 0.15) is 28.7 Å². The van der Waals surface area contributed by atoms with E-state index in [1.807, 2.05) is 0 Å². The van der Waals surface area contributed by atoms with Crippen LogP contribution in [0.4, 0.5) is 28.2 Å². The van der Waals surface area contributed by atoms with Crippen molar-refractivity contribution in [1.82, 2.24) is 9.71 Å². The number of pyridine rings is 1. The molecule has 220 valence electrons. The van der Waals surface area contributed by atoms with Gasteiger partial charge in [0.05, 0.1) is 5.75 Å². The maximum atomic E-state index is 14.6. The molecule has 0 saturated carbocycles. The molecule has 0 bridgehead atoms. The predicted octanol–water partition coefficient (Wildman–Crippen LogP) is 4.98. The highest BCUT2D eigenvalue weighted by Crippen LogP contribution is 2.32. The third-order valence-electron chi connectivity index (χ3n) is 6.12. The van der Waals surface area contributed by atoms with Crippen LogP contribution < -0.4 is 9.62 Å². The molecular weight excluding hydrogens is 554 g/mol. The number of hydrogen-bond acceptors (Lipinski definition) is 7. The van der Waals surface area contributed by atoms with Gasteiger partial charge < -0.3 is 9.64 Å². The van der Waals surface area contributed by atoms with Crippen LogP contribution in [0, 0.1) is 5.82 Å². The molecule has 1 aromatic heterocycles. The molecule has 40 heavy (non-hydrogen) atoms. The second-order valence-corrected chi connectivity index (χ2v) is 12.5. The highest BCUT2D eigenvalue weighted by molar-refractivity contribution is 7.90. The molecule has 0 aliphatic carbocycles. The summed E-state index contributed by atoms with van der Waals surface area (Å²) < 4.78 is 85.2. The molecule has 2 heterocycles. The van der Waals surface area contributed by atoms with E-state index in [0.29, 0.717) is 24.2 Å². The number of nitrogens with one attached hydrogen (secondary N) is 1. The molecule has 0 spiro atoms. The van der Waals surface area contributed by atoms with Gasteiger partial charge in [-0.05, 0) is 75.3 Å². The summed E-state index contributed by atoms with van der Waals surface area (Å²) in [4.78, 5) is 30.0. The van der Waals surface area contributed by atoms with Gasteiger partial charge in [0.2, 0.25) is 10.0 Å². The fourth-order valence-corrected chi connectivity index (χ4v) is 5.13. The molecule has 0 radical (unpaired) electrons. The van der Waals surface area contributed by atoms with Crippen LogP contribution in [0.15, 0.2) is 30.3 Å². The van der Waals surface area contributed by atoms with Crippen LogP contribution >= 0.6 is 0 Å². The number of carbonyl (C=O) groups is 2. The van der Waals surface area contributed by atoms with E-state index in [-0.39, 0.29) is 42.8 Å². The van der Waals surface area contributed by atoms with E-state index in [1.54, 1.807) is 30.4 Å². The van der Waals surface area contributed by atoms with Gasteiger partial charge >= 0.3 is 12.3 Å². The zero-order valence-electron chi connectivity index (χ0n) is 22.6. The number of ketones is 1. The Morgan fingerprint density at radius 3 is 2.27 bits per heavy atom. The quantitative estimate of drug-likeness (QED) is 0.391. The maximum Gasteiger partial charge on any atom is 0.433 e. The van der Waals surface area contributed by atoms with Crippen LogP contribution in [-0.2, 0) is 45.0 Å². The first kappa shape index (κ1) is 31.3. The number of halogens is 4. The van der Waals surface area contributed by atoms with Gasteiger partial charge in [0.25, 0.3) is 0 Å². The van der Waals surface area contributed by atoms with Crippen LogP contribution in [0.3, 0.4) is 0 Å². The third kappa shape index (κ3) is 9.46. The Morgan fingerprint density at radius 2 is 1.68 bits per heavy atom. The number of ether oxygens (including phenoxy) is 1. The smallest absolute Gasteiger partial charge is 0.433 e. The van der Waals surface area contributed by atoms with E-state index in [1.165, 1.54) is 18.2 Å². The lowest BCUT2D eigenvalue weighted by atomic mass is 10.0. The monoisotopic (exact) mass is 587 g/mol. The highest BCUT2D eigenvalue weighted by atomic mass is 32.2. The van der Waals surface area contributed by atoms with Crippen molar-refractivity contribution in [2.45, 2.75) is 71.1 Å². The molecule has 3 rings (SSSR count). The Bertz CT molecular complexity index is 1330. The Balaban J connectivity index is 1.58. The van der Waals surface area contributed by atoms with Gasteiger partial charge in [-0.15, -0.1) is 0 Å². The van der Waals surface area contributed by atoms with Crippen LogP contribution in [0.2, 0.25) is 0 Å². The molecule has 2 aromatic rings. The van der Waals surface area contributed by atoms with Crippen LogP contribution in [0.25, 0.3) is 0 Å². The first-order valence-electron chi connectivity index (χ1n) is 12.9. The van der Waals surface area contributed by atoms with Gasteiger partial charge in [0.15, 0.2) is 0 Å². The zero-order chi connectivity index (χ0) is 29.7. The van der Waals surface area contributed by atoms with E-state index >= 15 is 0 Å². The molecule has 13 heteroatoms. The molecule has 0 unspecified atom stereocenters. The molecule has 1 aliphatic heterocycles. The number of aromatic nitrogens is 1. The molecule has 1 fully saturated rings. The summed E-state index contributed by atoms with van der Waals surface area (Å²) in [7, 11) is -4.07. The number of amides is 1. The van der Waals surface area contributed by atoms with Crippen molar-refractivity contribution in [1.29, 1.82) is 0 Å². The lowest BCUT2D eigenvalue weighted by Gasteiger charge is -2.21. The van der Waals surface area contributed by atoms with E-state index in [0.717, 1.165) is 25.0 Å². The average molecular weight is 588 g/mol. The first-order valence-corrected chi connectivity index (χ1v) is 14.5. The van der Waals surface area contributed by atoms with Crippen molar-refractivity contribution in [3.05, 3.63) is 58.5 Å². The average Bonchev–Trinajstić information content (AvgIpc) is 3.35. The third-order valence-corrected chi connectivity index (χ3v) is 7.34. The zero-order valence-corrected chi connectivity index (χ0v) is 23.4. The minimum Gasteiger partial charge on any atom is -0.443 e. The number of Topliss-reactive ketones (excluding diaryl/α,β-unsaturated/α-hetero) is 1. The van der Waals surface area contributed by atoms with Crippen molar-refractivity contribution in [2.75, 3.05) is 23.7 Å². The summed E-state index contributed by atoms with van der Waals surface area (Å²) >= 11 is 0. The Labute approximate surface area is 231 Å². The van der Waals surface area contributed by atoms with Gasteiger partial charge in [0, 0.05) is 25.9 Å². The second-order valence-electron chi connectivity index (χ2n) is 10.7. The van der Waals surface area contributed by atoms with Gasteiger partial charge in [-0.25, -0.2) is 27.3 Å². The largest absolute Gasteiger partial charge is 0.443 e. The summed E-state index contributed by atoms with van der Waals surface area (Å²) in [6.07, 6.45) is -4.07. The summed E-state index contributed by atoms with van der Waals surface area (Å²) in [5.41, 5.74) is -0.841. The molecule has 1 amide bonds. The van der Waals surface area contributed by atoms with Crippen LogP contribution in [0.1, 0.15) is 62.4 Å². The maximum absolute atomic E-state index is 14.6. The first-order chi connectivity index (χ1) is 18.5. The van der Waals surface area contributed by atoms with E-state index < -0.39 is 45.2 Å². The van der Waals surface area contributed by atoms with Crippen molar-refractivity contribution in [2.24, 2.45) is 0 Å². The number of aryl methyl sites for hydroxylation is 2. The number of benzene rings is 1. The molecule has 1 aliphatic rings. The summed E-state index contributed by atoms with van der Waals surface area (Å²) in [6, 6.07) is 6.32. The van der Waals surface area contributed by atoms with Crippen LogP contribution in [-0.4, -0.2) is 49.7 Å². The number of alkyl halides is 3. The van der Waals surface area contributed by atoms with Crippen molar-refractivity contribution >= 4 is 27.7 Å². The molecule has 8 nitrogen and oxygen atoms in total. The Kier molecular flexibility index (Phi) is 9.81. The number of sulfonamides is 1. The fraction of sp³-hybridized carbons (Fsp3) is 0.519. The molecule has 1 N–H and O–H groups in total. The van der Waals surface area contributed by atoms with E-state index in [9.17, 15) is 35.6 Å². The van der Waals surface area contributed by atoms with Gasteiger partial charge in [-0.2, -0.15) is 13.2 Å². The number of anilines is 1. The van der Waals surface area contributed by atoms with Crippen LogP contribution in [0.5, 0.6) is 0 Å². The Morgan fingerprint density at radius 1 is 1.02 bits per heavy atom. The minimum atomic E-state index is -4.57. The number of rotatable bonds is 10. The van der Waals surface area contributed by atoms with Gasteiger partial charge in [-0.3, -0.25) is 4.79 Å². The van der Waals surface area contributed by atoms with Crippen molar-refractivity contribution in [3.63, 3.8) is 0 Å². The summed E-state index contributed by atoms with van der Waals surface area (Å²) in [6.45, 7) is 5.94. The molecule has 1 saturated heterocycles. The second kappa shape index (κ2) is 12.5. The minimum absolute atomic E-state index is 0.0336. The normalized spacial score (nSPS) is 14.3. The lowest BCUT2D eigenvalue weighted by Crippen LogP contribution is -2.37. The van der Waals surface area contributed by atoms with Gasteiger partial charge in [-0.1, -0.05) is 18.2 Å². The van der Waals surface area contributed by atoms with Crippen molar-refractivity contribution in [3.8, 4) is 0 Å². The highest BCUT2D eigenvalue weighted by Gasteiger charge is 2.34. The molecular formula is C27H33F4N3O5S. The standard InChI is InChI=1S/C27H33F4N3O5S/c1-26(2,3)39-25(36)33-40(37,38)15-12-19-7-6-18(17-22(19)28)16-21(35)10-8-20-9-11-23(27(29,30)31)32-24(20)34-13-4-5-14-34/h6-7,9,11,17H,4-5,8,10,12-16H2,1-3H3,(H,33,36). The van der Waals surface area contributed by atoms with E-state index in [2.05, 4.69) is 4.98 Å². The molecule has 0 atom stereocenters. The number of nitrogens with zero attached hydrogens (tertiary/aromatic N) is 2. The molecule has 1 aromatic carbocycles. The summed E-state index contributed by atoms with van der Waals surface area (Å²) in [5.74, 6) is -1.24. The number of carbonyl (C=O) groups excluding carboxylic acids is 2. The Hall–Kier alpha value is -3.22. The lowest BCUT2D eigenvalue weighted by molar-refractivity contribution is -0.141. The number of hydrogen-bond donors (Lipinski definition) is 1. The summed E-state index contributed by atoms with van der Waals surface area (Å²) in [5, 5.41) is 0. The van der Waals surface area contributed by atoms with Crippen molar-refractivity contribution < 1.29 is 40.3 Å². The van der Waals surface area contributed by atoms with E-state index in [4.69, 9.17) is 4.74 Å². The topological polar surface area (TPSA) is 106 Å². The SMILES string of the molecule is CC(C)(C)OC(=O)NS(=O)(=O)CCc1ccc(CC(=O)CCc2ccc(C(F)(F)F)nc2N2CCCC2)cc1F.